The van der Waals surface area contributed by atoms with Gasteiger partial charge in [-0.05, 0) is 37.6 Å². The molecule has 2 aromatic rings. The lowest BCUT2D eigenvalue weighted by atomic mass is 10.1. The summed E-state index contributed by atoms with van der Waals surface area (Å²) in [7, 11) is 0. The van der Waals surface area contributed by atoms with Gasteiger partial charge in [0.2, 0.25) is 0 Å². The minimum atomic E-state index is -4.65. The lowest BCUT2D eigenvalue weighted by Crippen LogP contribution is -2.15. The molecule has 0 atom stereocenters. The molecule has 4 nitrogen and oxygen atoms in total. The van der Waals surface area contributed by atoms with Crippen molar-refractivity contribution >= 4 is 24.1 Å². The van der Waals surface area contributed by atoms with Crippen LogP contribution in [0, 0.1) is 0 Å². The number of aromatic nitrogens is 2. The molecule has 0 unspecified atom stereocenters. The summed E-state index contributed by atoms with van der Waals surface area (Å²) in [5.74, 6) is -0.0411. The van der Waals surface area contributed by atoms with E-state index in [1.807, 2.05) is 0 Å². The maximum atomic E-state index is 13.6. The standard InChI is InChI=1S/C15H13ClF3N3O/c1-9(2)13(23-20-3)12-8-21-22(14(12)15(17,18)19)11-6-4-5-10(16)7-11/h4-8H,3H2,1-2H3. The van der Waals surface area contributed by atoms with Gasteiger partial charge in [0.05, 0.1) is 17.4 Å². The van der Waals surface area contributed by atoms with Gasteiger partial charge in [-0.25, -0.2) is 4.68 Å². The summed E-state index contributed by atoms with van der Waals surface area (Å²) >= 11 is 5.85. The highest BCUT2D eigenvalue weighted by Crippen LogP contribution is 2.37. The van der Waals surface area contributed by atoms with E-state index in [0.717, 1.165) is 10.9 Å². The number of hydrogen-bond donors (Lipinski definition) is 0. The van der Waals surface area contributed by atoms with Gasteiger partial charge in [0.1, 0.15) is 0 Å². The lowest BCUT2D eigenvalue weighted by Gasteiger charge is -2.14. The summed E-state index contributed by atoms with van der Waals surface area (Å²) in [5.41, 5.74) is -0.492. The van der Waals surface area contributed by atoms with Crippen LogP contribution in [0.2, 0.25) is 5.02 Å². The zero-order valence-electron chi connectivity index (χ0n) is 12.4. The smallest absolute Gasteiger partial charge is 0.357 e. The number of hydrogen-bond acceptors (Lipinski definition) is 3. The molecule has 8 heteroatoms. The van der Waals surface area contributed by atoms with E-state index in [0.29, 0.717) is 10.6 Å². The van der Waals surface area contributed by atoms with Crippen LogP contribution in [-0.4, -0.2) is 16.5 Å². The van der Waals surface area contributed by atoms with Crippen LogP contribution in [0.1, 0.15) is 25.1 Å². The SMILES string of the molecule is C=NOC(=C(C)C)c1cnn(-c2cccc(Cl)c2)c1C(F)(F)F. The molecule has 1 aromatic heterocycles. The molecule has 0 N–H and O–H groups in total. The van der Waals surface area contributed by atoms with E-state index in [4.69, 9.17) is 16.4 Å². The van der Waals surface area contributed by atoms with Crippen molar-refractivity contribution in [1.82, 2.24) is 9.78 Å². The van der Waals surface area contributed by atoms with Crippen molar-refractivity contribution in [2.24, 2.45) is 5.16 Å². The quantitative estimate of drug-likeness (QED) is 0.448. The summed E-state index contributed by atoms with van der Waals surface area (Å²) in [6, 6.07) is 5.98. The minimum Gasteiger partial charge on any atom is -0.357 e. The highest BCUT2D eigenvalue weighted by Gasteiger charge is 2.40. The number of oxime groups is 1. The molecular formula is C15H13ClF3N3O. The molecule has 0 aliphatic carbocycles. The molecule has 0 radical (unpaired) electrons. The third-order valence-electron chi connectivity index (χ3n) is 2.95. The van der Waals surface area contributed by atoms with Crippen LogP contribution in [0.5, 0.6) is 0 Å². The average Bonchev–Trinajstić information content (AvgIpc) is 2.89. The molecule has 0 saturated carbocycles. The van der Waals surface area contributed by atoms with Crippen molar-refractivity contribution in [1.29, 1.82) is 0 Å². The second-order valence-corrected chi connectivity index (χ2v) is 5.28. The molecule has 0 fully saturated rings. The summed E-state index contributed by atoms with van der Waals surface area (Å²) < 4.78 is 41.5. The van der Waals surface area contributed by atoms with Gasteiger partial charge in [0.15, 0.2) is 11.5 Å². The van der Waals surface area contributed by atoms with Crippen molar-refractivity contribution in [2.75, 3.05) is 0 Å². The predicted octanol–water partition coefficient (Wildman–Crippen LogP) is 4.93. The molecule has 23 heavy (non-hydrogen) atoms. The Bertz CT molecular complexity index is 762. The largest absolute Gasteiger partial charge is 0.434 e. The third-order valence-corrected chi connectivity index (χ3v) is 3.18. The van der Waals surface area contributed by atoms with Crippen molar-refractivity contribution in [3.05, 3.63) is 52.3 Å². The van der Waals surface area contributed by atoms with Crippen LogP contribution in [0.3, 0.4) is 0 Å². The molecule has 0 bridgehead atoms. The highest BCUT2D eigenvalue weighted by atomic mass is 35.5. The van der Waals surface area contributed by atoms with Crippen molar-refractivity contribution in [3.8, 4) is 5.69 Å². The highest BCUT2D eigenvalue weighted by molar-refractivity contribution is 6.30. The Morgan fingerprint density at radius 2 is 2.04 bits per heavy atom. The first-order chi connectivity index (χ1) is 10.8. The Morgan fingerprint density at radius 3 is 2.57 bits per heavy atom. The summed E-state index contributed by atoms with van der Waals surface area (Å²) in [6.45, 7) is 6.36. The molecule has 0 aliphatic rings. The number of benzene rings is 1. The number of alkyl halides is 3. The molecular weight excluding hydrogens is 331 g/mol. The molecule has 0 saturated heterocycles. The van der Waals surface area contributed by atoms with Gasteiger partial charge in [-0.15, -0.1) is 0 Å². The fourth-order valence-corrected chi connectivity index (χ4v) is 2.25. The summed E-state index contributed by atoms with van der Waals surface area (Å²) in [5, 5.41) is 7.37. The monoisotopic (exact) mass is 343 g/mol. The first-order valence-corrected chi connectivity index (χ1v) is 6.85. The van der Waals surface area contributed by atoms with E-state index in [9.17, 15) is 13.2 Å². The number of nitrogens with zero attached hydrogens (tertiary/aromatic N) is 3. The van der Waals surface area contributed by atoms with Crippen LogP contribution < -0.4 is 0 Å². The van der Waals surface area contributed by atoms with E-state index in [2.05, 4.69) is 17.0 Å². The van der Waals surface area contributed by atoms with Crippen molar-refractivity contribution in [2.45, 2.75) is 20.0 Å². The zero-order chi connectivity index (χ0) is 17.2. The second kappa shape index (κ2) is 6.45. The average molecular weight is 344 g/mol. The Kier molecular flexibility index (Phi) is 4.79. The van der Waals surface area contributed by atoms with Crippen molar-refractivity contribution < 1.29 is 18.0 Å². The molecule has 1 aromatic carbocycles. The molecule has 1 heterocycles. The normalized spacial score (nSPS) is 11.2. The maximum Gasteiger partial charge on any atom is 0.434 e. The Labute approximate surface area is 135 Å². The van der Waals surface area contributed by atoms with E-state index in [1.165, 1.54) is 12.1 Å². The Balaban J connectivity index is 2.73. The minimum absolute atomic E-state index is 0.0411. The fraction of sp³-hybridized carbons (Fsp3) is 0.200. The molecule has 2 rings (SSSR count). The third kappa shape index (κ3) is 3.56. The van der Waals surface area contributed by atoms with E-state index in [-0.39, 0.29) is 17.0 Å². The first kappa shape index (κ1) is 17.1. The van der Waals surface area contributed by atoms with E-state index >= 15 is 0 Å². The molecule has 0 aliphatic heterocycles. The van der Waals surface area contributed by atoms with Gasteiger partial charge < -0.3 is 4.84 Å². The summed E-state index contributed by atoms with van der Waals surface area (Å²) in [6.07, 6.45) is -3.57. The lowest BCUT2D eigenvalue weighted by molar-refractivity contribution is -0.143. The van der Waals surface area contributed by atoms with Crippen LogP contribution in [0.15, 0.2) is 41.2 Å². The van der Waals surface area contributed by atoms with Gasteiger partial charge in [0, 0.05) is 11.7 Å². The number of allylic oxidation sites excluding steroid dienone is 1. The Morgan fingerprint density at radius 1 is 1.35 bits per heavy atom. The molecule has 0 amide bonds. The predicted molar refractivity (Wildman–Crippen MR) is 82.5 cm³/mol. The summed E-state index contributed by atoms with van der Waals surface area (Å²) in [4.78, 5) is 4.91. The number of halogens is 4. The van der Waals surface area contributed by atoms with E-state index < -0.39 is 11.9 Å². The second-order valence-electron chi connectivity index (χ2n) is 4.85. The maximum absolute atomic E-state index is 13.6. The number of rotatable bonds is 4. The van der Waals surface area contributed by atoms with Crippen LogP contribution >= 0.6 is 11.6 Å². The van der Waals surface area contributed by atoms with Crippen LogP contribution in [-0.2, 0) is 11.0 Å². The molecule has 0 spiro atoms. The van der Waals surface area contributed by atoms with Gasteiger partial charge in [-0.1, -0.05) is 22.8 Å². The van der Waals surface area contributed by atoms with Gasteiger partial charge >= 0.3 is 6.18 Å². The van der Waals surface area contributed by atoms with E-state index in [1.54, 1.807) is 26.0 Å². The van der Waals surface area contributed by atoms with Crippen LogP contribution in [0.4, 0.5) is 13.2 Å². The van der Waals surface area contributed by atoms with Gasteiger partial charge in [0.25, 0.3) is 0 Å². The Hall–Kier alpha value is -2.28. The molecule has 122 valence electrons. The topological polar surface area (TPSA) is 39.4 Å². The van der Waals surface area contributed by atoms with Gasteiger partial charge in [-0.3, -0.25) is 0 Å². The zero-order valence-corrected chi connectivity index (χ0v) is 13.1. The first-order valence-electron chi connectivity index (χ1n) is 6.47. The fourth-order valence-electron chi connectivity index (χ4n) is 2.07. The van der Waals surface area contributed by atoms with Crippen molar-refractivity contribution in [3.63, 3.8) is 0 Å². The van der Waals surface area contributed by atoms with Gasteiger partial charge in [-0.2, -0.15) is 18.3 Å². The van der Waals surface area contributed by atoms with Crippen LogP contribution in [0.25, 0.3) is 11.4 Å².